The molecule has 0 aliphatic rings. The van der Waals surface area contributed by atoms with E-state index in [0.717, 1.165) is 11.8 Å². The quantitative estimate of drug-likeness (QED) is 0.161. The van der Waals surface area contributed by atoms with Gasteiger partial charge >= 0.3 is 5.97 Å². The first-order valence-electron chi connectivity index (χ1n) is 5.82. The Morgan fingerprint density at radius 3 is 2.60 bits per heavy atom. The highest BCUT2D eigenvalue weighted by Gasteiger charge is 2.01. The van der Waals surface area contributed by atoms with Crippen LogP contribution in [0.15, 0.2) is 41.6 Å². The van der Waals surface area contributed by atoms with Gasteiger partial charge in [-0.2, -0.15) is 8.42 Å². The molecule has 0 rings (SSSR count). The van der Waals surface area contributed by atoms with Crippen LogP contribution in [0.1, 0.15) is 12.8 Å². The van der Waals surface area contributed by atoms with Crippen molar-refractivity contribution in [2.24, 2.45) is 4.99 Å². The zero-order chi connectivity index (χ0) is 15.4. The van der Waals surface area contributed by atoms with Crippen molar-refractivity contribution in [3.63, 3.8) is 0 Å². The Morgan fingerprint density at radius 1 is 1.35 bits per heavy atom. The summed E-state index contributed by atoms with van der Waals surface area (Å²) < 4.78 is 30.7. The molecule has 0 unspecified atom stereocenters. The van der Waals surface area contributed by atoms with Crippen molar-refractivity contribution in [2.45, 2.75) is 12.8 Å². The lowest BCUT2D eigenvalue weighted by atomic mass is 10.1. The standard InChI is InChI=1S/C13H19NO5S/c1-4-14-10-9-12(7-8-13(15)18-2)6-5-11-19-20(3,16)17/h4,7-10H,1,5-6,11H2,2-3H3/b8-7+,12-9-,14-10+. The van der Waals surface area contributed by atoms with Gasteiger partial charge in [0.15, 0.2) is 0 Å². The van der Waals surface area contributed by atoms with Crippen molar-refractivity contribution in [3.8, 4) is 0 Å². The Bertz CT molecular complexity index is 503. The predicted molar refractivity (Wildman–Crippen MR) is 78.0 cm³/mol. The van der Waals surface area contributed by atoms with Gasteiger partial charge in [-0.3, -0.25) is 9.18 Å². The third-order valence-corrected chi connectivity index (χ3v) is 2.62. The number of nitrogens with zero attached hydrogens (tertiary/aromatic N) is 1. The van der Waals surface area contributed by atoms with Crippen LogP contribution in [-0.2, 0) is 23.8 Å². The number of esters is 1. The van der Waals surface area contributed by atoms with Gasteiger partial charge in [0.05, 0.1) is 20.0 Å². The minimum Gasteiger partial charge on any atom is -0.466 e. The molecule has 6 nitrogen and oxygen atoms in total. The molecule has 0 saturated carbocycles. The molecule has 0 N–H and O–H groups in total. The Kier molecular flexibility index (Phi) is 9.23. The normalized spacial score (nSPS) is 13.0. The molecule has 0 amide bonds. The number of hydrogen-bond acceptors (Lipinski definition) is 6. The van der Waals surface area contributed by atoms with Crippen LogP contribution in [-0.4, -0.2) is 40.6 Å². The zero-order valence-electron chi connectivity index (χ0n) is 11.6. The van der Waals surface area contributed by atoms with Gasteiger partial charge in [0.1, 0.15) is 0 Å². The second-order valence-electron chi connectivity index (χ2n) is 3.71. The third kappa shape index (κ3) is 11.4. The topological polar surface area (TPSA) is 82.0 Å². The molecule has 0 aromatic heterocycles. The second-order valence-corrected chi connectivity index (χ2v) is 5.35. The van der Waals surface area contributed by atoms with Gasteiger partial charge in [0, 0.05) is 18.5 Å². The monoisotopic (exact) mass is 301 g/mol. The van der Waals surface area contributed by atoms with E-state index in [1.54, 1.807) is 12.2 Å². The van der Waals surface area contributed by atoms with E-state index in [-0.39, 0.29) is 6.61 Å². The molecule has 0 radical (unpaired) electrons. The second kappa shape index (κ2) is 10.1. The maximum absolute atomic E-state index is 11.0. The van der Waals surface area contributed by atoms with E-state index in [9.17, 15) is 13.2 Å². The lowest BCUT2D eigenvalue weighted by Gasteiger charge is -2.02. The minimum atomic E-state index is -3.42. The van der Waals surface area contributed by atoms with Crippen LogP contribution < -0.4 is 0 Å². The SMILES string of the molecule is C=C/N=C/C=C(\C=C\C(=O)OC)CCCOS(C)(=O)=O. The minimum absolute atomic E-state index is 0.0842. The highest BCUT2D eigenvalue weighted by atomic mass is 32.2. The number of ether oxygens (including phenoxy) is 1. The summed E-state index contributed by atoms with van der Waals surface area (Å²) in [4.78, 5) is 14.8. The van der Waals surface area contributed by atoms with Gasteiger partial charge in [-0.05, 0) is 24.5 Å². The van der Waals surface area contributed by atoms with Crippen LogP contribution in [0.5, 0.6) is 0 Å². The van der Waals surface area contributed by atoms with Gasteiger partial charge < -0.3 is 4.74 Å². The number of aliphatic imine (C=N–C) groups is 1. The molecule has 7 heteroatoms. The highest BCUT2D eigenvalue weighted by Crippen LogP contribution is 2.07. The first-order chi connectivity index (χ1) is 9.39. The van der Waals surface area contributed by atoms with Crippen LogP contribution in [0.4, 0.5) is 0 Å². The van der Waals surface area contributed by atoms with E-state index in [0.29, 0.717) is 12.8 Å². The highest BCUT2D eigenvalue weighted by molar-refractivity contribution is 7.85. The fourth-order valence-electron chi connectivity index (χ4n) is 1.15. The zero-order valence-corrected chi connectivity index (χ0v) is 12.4. The lowest BCUT2D eigenvalue weighted by molar-refractivity contribution is -0.134. The van der Waals surface area contributed by atoms with Crippen molar-refractivity contribution < 1.29 is 22.1 Å². The lowest BCUT2D eigenvalue weighted by Crippen LogP contribution is -2.04. The molecule has 0 fully saturated rings. The summed E-state index contributed by atoms with van der Waals surface area (Å²) in [5.74, 6) is -0.469. The summed E-state index contributed by atoms with van der Waals surface area (Å²) in [7, 11) is -2.14. The summed E-state index contributed by atoms with van der Waals surface area (Å²) in [6.07, 6.45) is 9.50. The largest absolute Gasteiger partial charge is 0.466 e. The Balaban J connectivity index is 4.50. The maximum atomic E-state index is 11.0. The molecule has 0 atom stereocenters. The fraction of sp³-hybridized carbons (Fsp3) is 0.385. The summed E-state index contributed by atoms with van der Waals surface area (Å²) in [6.45, 7) is 3.53. The Hall–Kier alpha value is -1.73. The van der Waals surface area contributed by atoms with E-state index >= 15 is 0 Å². The fourth-order valence-corrected chi connectivity index (χ4v) is 1.57. The average molecular weight is 301 g/mol. The summed E-state index contributed by atoms with van der Waals surface area (Å²) in [5, 5.41) is 0. The molecule has 20 heavy (non-hydrogen) atoms. The van der Waals surface area contributed by atoms with Gasteiger partial charge in [-0.25, -0.2) is 4.79 Å². The van der Waals surface area contributed by atoms with Crippen LogP contribution in [0, 0.1) is 0 Å². The van der Waals surface area contributed by atoms with Crippen LogP contribution in [0.25, 0.3) is 0 Å². The summed E-state index contributed by atoms with van der Waals surface area (Å²) >= 11 is 0. The van der Waals surface area contributed by atoms with Crippen molar-refractivity contribution >= 4 is 22.3 Å². The smallest absolute Gasteiger partial charge is 0.330 e. The van der Waals surface area contributed by atoms with Gasteiger partial charge in [-0.1, -0.05) is 12.7 Å². The molecule has 0 aromatic carbocycles. The van der Waals surface area contributed by atoms with E-state index in [4.69, 9.17) is 0 Å². The first kappa shape index (κ1) is 18.3. The van der Waals surface area contributed by atoms with Crippen LogP contribution in [0.3, 0.4) is 0 Å². The van der Waals surface area contributed by atoms with Gasteiger partial charge in [0.2, 0.25) is 0 Å². The van der Waals surface area contributed by atoms with Crippen molar-refractivity contribution in [2.75, 3.05) is 20.0 Å². The first-order valence-corrected chi connectivity index (χ1v) is 7.64. The molecular formula is C13H19NO5S. The van der Waals surface area contributed by atoms with Gasteiger partial charge in [0.25, 0.3) is 10.1 Å². The maximum Gasteiger partial charge on any atom is 0.330 e. The van der Waals surface area contributed by atoms with Crippen molar-refractivity contribution in [3.05, 3.63) is 36.6 Å². The van der Waals surface area contributed by atoms with E-state index in [1.165, 1.54) is 25.6 Å². The van der Waals surface area contributed by atoms with Crippen molar-refractivity contribution in [1.29, 1.82) is 0 Å². The molecule has 0 saturated heterocycles. The molecule has 0 aliphatic heterocycles. The number of rotatable bonds is 9. The molecule has 0 bridgehead atoms. The number of carbonyl (C=O) groups is 1. The number of hydrogen-bond donors (Lipinski definition) is 0. The molecule has 112 valence electrons. The molecule has 0 aliphatic carbocycles. The van der Waals surface area contributed by atoms with Crippen LogP contribution in [0.2, 0.25) is 0 Å². The van der Waals surface area contributed by atoms with Crippen LogP contribution >= 0.6 is 0 Å². The molecule has 0 aromatic rings. The molecule has 0 heterocycles. The summed E-state index contributed by atoms with van der Waals surface area (Å²) in [6, 6.07) is 0. The number of allylic oxidation sites excluding steroid dienone is 3. The third-order valence-electron chi connectivity index (χ3n) is 2.02. The summed E-state index contributed by atoms with van der Waals surface area (Å²) in [5.41, 5.74) is 0.790. The Morgan fingerprint density at radius 2 is 2.05 bits per heavy atom. The van der Waals surface area contributed by atoms with E-state index in [1.807, 2.05) is 0 Å². The average Bonchev–Trinajstić information content (AvgIpc) is 2.38. The van der Waals surface area contributed by atoms with Crippen molar-refractivity contribution in [1.82, 2.24) is 0 Å². The van der Waals surface area contributed by atoms with E-state index in [2.05, 4.69) is 20.5 Å². The van der Waals surface area contributed by atoms with E-state index < -0.39 is 16.1 Å². The predicted octanol–water partition coefficient (Wildman–Crippen LogP) is 1.61. The number of carbonyl (C=O) groups excluding carboxylic acids is 1. The van der Waals surface area contributed by atoms with Gasteiger partial charge in [-0.15, -0.1) is 0 Å². The molecule has 0 spiro atoms. The Labute approximate surface area is 119 Å². The number of methoxy groups -OCH3 is 1. The molecular weight excluding hydrogens is 282 g/mol.